The number of nitrogens with two attached hydrogens (primary N) is 1. The summed E-state index contributed by atoms with van der Waals surface area (Å²) in [5.41, 5.74) is 7.91. The lowest BCUT2D eigenvalue weighted by Crippen LogP contribution is -2.20. The van der Waals surface area contributed by atoms with E-state index in [4.69, 9.17) is 24.7 Å². The predicted octanol–water partition coefficient (Wildman–Crippen LogP) is 3.37. The highest BCUT2D eigenvalue weighted by Crippen LogP contribution is 2.34. The van der Waals surface area contributed by atoms with Crippen molar-refractivity contribution in [2.75, 3.05) is 24.5 Å². The smallest absolute Gasteiger partial charge is 0.338 e. The Labute approximate surface area is 178 Å². The molecule has 8 nitrogen and oxygen atoms in total. The first-order chi connectivity index (χ1) is 15.1. The molecule has 1 heterocycles. The number of nitrogen functional groups attached to an aromatic ring is 1. The fraction of sp³-hybridized carbons (Fsp3) is 0.130. The standard InChI is InChI=1S/C23H20N2O6/c24-18-8-6-16(23(27)29-12-15-4-2-1-3-5-15)10-20(18)28-13-22(26)25-17-7-9-19-21(11-17)31-14-30-19/h1-11H,12-14,24H2,(H,25,26). The van der Waals surface area contributed by atoms with Crippen LogP contribution in [-0.2, 0) is 16.1 Å². The van der Waals surface area contributed by atoms with Crippen molar-refractivity contribution < 1.29 is 28.5 Å². The van der Waals surface area contributed by atoms with Gasteiger partial charge in [-0.25, -0.2) is 4.79 Å². The summed E-state index contributed by atoms with van der Waals surface area (Å²) in [7, 11) is 0. The number of carbonyl (C=O) groups is 2. The monoisotopic (exact) mass is 420 g/mol. The largest absolute Gasteiger partial charge is 0.482 e. The summed E-state index contributed by atoms with van der Waals surface area (Å²) in [5.74, 6) is 0.492. The zero-order chi connectivity index (χ0) is 21.6. The highest BCUT2D eigenvalue weighted by Gasteiger charge is 2.15. The van der Waals surface area contributed by atoms with Crippen LogP contribution in [0.2, 0.25) is 0 Å². The Morgan fingerprint density at radius 3 is 2.61 bits per heavy atom. The molecule has 0 unspecified atom stereocenters. The van der Waals surface area contributed by atoms with Gasteiger partial charge in [0.15, 0.2) is 18.1 Å². The van der Waals surface area contributed by atoms with Crippen LogP contribution >= 0.6 is 0 Å². The van der Waals surface area contributed by atoms with E-state index in [1.54, 1.807) is 24.3 Å². The number of fused-ring (bicyclic) bond motifs is 1. The zero-order valence-corrected chi connectivity index (χ0v) is 16.5. The minimum absolute atomic E-state index is 0.151. The summed E-state index contributed by atoms with van der Waals surface area (Å²) >= 11 is 0. The summed E-state index contributed by atoms with van der Waals surface area (Å²) in [6.07, 6.45) is 0. The Hall–Kier alpha value is -4.20. The predicted molar refractivity (Wildman–Crippen MR) is 113 cm³/mol. The van der Waals surface area contributed by atoms with Crippen molar-refractivity contribution >= 4 is 23.3 Å². The summed E-state index contributed by atoms with van der Waals surface area (Å²) in [4.78, 5) is 24.6. The molecule has 31 heavy (non-hydrogen) atoms. The molecule has 158 valence electrons. The molecule has 0 aromatic heterocycles. The second-order valence-corrected chi connectivity index (χ2v) is 6.72. The van der Waals surface area contributed by atoms with Crippen molar-refractivity contribution in [3.05, 3.63) is 77.9 Å². The first-order valence-electron chi connectivity index (χ1n) is 9.51. The lowest BCUT2D eigenvalue weighted by atomic mass is 10.2. The second kappa shape index (κ2) is 9.08. The fourth-order valence-electron chi connectivity index (χ4n) is 2.91. The van der Waals surface area contributed by atoms with E-state index < -0.39 is 11.9 Å². The van der Waals surface area contributed by atoms with Crippen LogP contribution < -0.4 is 25.3 Å². The van der Waals surface area contributed by atoms with Crippen LogP contribution in [0.5, 0.6) is 17.2 Å². The van der Waals surface area contributed by atoms with E-state index in [0.717, 1.165) is 5.56 Å². The summed E-state index contributed by atoms with van der Waals surface area (Å²) in [6, 6.07) is 19.0. The molecule has 0 atom stereocenters. The van der Waals surface area contributed by atoms with E-state index in [1.807, 2.05) is 30.3 Å². The number of carbonyl (C=O) groups excluding carboxylic acids is 2. The molecule has 0 saturated carbocycles. The first-order valence-corrected chi connectivity index (χ1v) is 9.51. The van der Waals surface area contributed by atoms with Crippen molar-refractivity contribution in [2.24, 2.45) is 0 Å². The average Bonchev–Trinajstić information content (AvgIpc) is 3.25. The summed E-state index contributed by atoms with van der Waals surface area (Å²) in [5, 5.41) is 2.71. The minimum atomic E-state index is -0.515. The van der Waals surface area contributed by atoms with Gasteiger partial charge in [-0.2, -0.15) is 0 Å². The van der Waals surface area contributed by atoms with Gasteiger partial charge in [0, 0.05) is 11.8 Å². The van der Waals surface area contributed by atoms with Crippen LogP contribution in [0.4, 0.5) is 11.4 Å². The molecule has 1 amide bonds. The highest BCUT2D eigenvalue weighted by atomic mass is 16.7. The normalized spacial score (nSPS) is 11.6. The Balaban J connectivity index is 1.33. The molecule has 0 saturated heterocycles. The van der Waals surface area contributed by atoms with Gasteiger partial charge in [0.2, 0.25) is 6.79 Å². The summed E-state index contributed by atoms with van der Waals surface area (Å²) in [6.45, 7) is 0.0125. The van der Waals surface area contributed by atoms with Crippen molar-refractivity contribution in [1.82, 2.24) is 0 Å². The molecule has 3 N–H and O–H groups in total. The summed E-state index contributed by atoms with van der Waals surface area (Å²) < 4.78 is 21.4. The molecule has 4 rings (SSSR count). The topological polar surface area (TPSA) is 109 Å². The number of hydrogen-bond donors (Lipinski definition) is 2. The molecule has 0 aliphatic carbocycles. The van der Waals surface area contributed by atoms with E-state index >= 15 is 0 Å². The van der Waals surface area contributed by atoms with Crippen LogP contribution in [0.25, 0.3) is 0 Å². The van der Waals surface area contributed by atoms with E-state index in [1.165, 1.54) is 12.1 Å². The van der Waals surface area contributed by atoms with Crippen LogP contribution in [0.3, 0.4) is 0 Å². The van der Waals surface area contributed by atoms with E-state index in [0.29, 0.717) is 22.9 Å². The number of amides is 1. The number of anilines is 2. The molecule has 0 fully saturated rings. The van der Waals surface area contributed by atoms with E-state index in [-0.39, 0.29) is 31.3 Å². The van der Waals surface area contributed by atoms with Gasteiger partial charge >= 0.3 is 5.97 Å². The van der Waals surface area contributed by atoms with Gasteiger partial charge < -0.3 is 30.0 Å². The van der Waals surface area contributed by atoms with Crippen molar-refractivity contribution in [3.63, 3.8) is 0 Å². The third kappa shape index (κ3) is 5.05. The molecule has 3 aromatic rings. The lowest BCUT2D eigenvalue weighted by Gasteiger charge is -2.11. The zero-order valence-electron chi connectivity index (χ0n) is 16.5. The highest BCUT2D eigenvalue weighted by molar-refractivity contribution is 5.93. The molecule has 1 aliphatic rings. The average molecular weight is 420 g/mol. The van der Waals surface area contributed by atoms with Gasteiger partial charge in [-0.15, -0.1) is 0 Å². The van der Waals surface area contributed by atoms with Gasteiger partial charge in [0.1, 0.15) is 12.4 Å². The molecule has 0 spiro atoms. The number of ether oxygens (including phenoxy) is 4. The maximum Gasteiger partial charge on any atom is 0.338 e. The van der Waals surface area contributed by atoms with E-state index in [2.05, 4.69) is 5.32 Å². The van der Waals surface area contributed by atoms with Crippen LogP contribution in [-0.4, -0.2) is 25.3 Å². The third-order valence-electron chi connectivity index (χ3n) is 4.48. The Kier molecular flexibility index (Phi) is 5.89. The van der Waals surface area contributed by atoms with Gasteiger partial charge in [0.05, 0.1) is 11.3 Å². The van der Waals surface area contributed by atoms with Gasteiger partial charge in [-0.3, -0.25) is 4.79 Å². The maximum atomic E-state index is 12.3. The molecular weight excluding hydrogens is 400 g/mol. The molecule has 0 radical (unpaired) electrons. The number of rotatable bonds is 7. The van der Waals surface area contributed by atoms with Crippen LogP contribution in [0, 0.1) is 0 Å². The Morgan fingerprint density at radius 2 is 1.77 bits per heavy atom. The van der Waals surface area contributed by atoms with Crippen molar-refractivity contribution in [3.8, 4) is 17.2 Å². The van der Waals surface area contributed by atoms with E-state index in [9.17, 15) is 9.59 Å². The van der Waals surface area contributed by atoms with Gasteiger partial charge in [-0.05, 0) is 35.9 Å². The van der Waals surface area contributed by atoms with Crippen molar-refractivity contribution in [1.29, 1.82) is 0 Å². The second-order valence-electron chi connectivity index (χ2n) is 6.72. The lowest BCUT2D eigenvalue weighted by molar-refractivity contribution is -0.118. The van der Waals surface area contributed by atoms with Gasteiger partial charge in [-0.1, -0.05) is 30.3 Å². The fourth-order valence-corrected chi connectivity index (χ4v) is 2.91. The first kappa shape index (κ1) is 20.1. The molecule has 3 aromatic carbocycles. The number of esters is 1. The van der Waals surface area contributed by atoms with Crippen molar-refractivity contribution in [2.45, 2.75) is 6.61 Å². The quantitative estimate of drug-likeness (QED) is 0.445. The third-order valence-corrected chi connectivity index (χ3v) is 4.48. The Bertz CT molecular complexity index is 1100. The molecular formula is C23H20N2O6. The number of hydrogen-bond acceptors (Lipinski definition) is 7. The molecule has 8 heteroatoms. The van der Waals surface area contributed by atoms with Gasteiger partial charge in [0.25, 0.3) is 5.91 Å². The maximum absolute atomic E-state index is 12.3. The van der Waals surface area contributed by atoms with Crippen LogP contribution in [0.15, 0.2) is 66.7 Å². The number of nitrogens with one attached hydrogen (secondary N) is 1. The minimum Gasteiger partial charge on any atom is -0.482 e. The SMILES string of the molecule is Nc1ccc(C(=O)OCc2ccccc2)cc1OCC(=O)Nc1ccc2c(c1)OCO2. The van der Waals surface area contributed by atoms with Crippen LogP contribution in [0.1, 0.15) is 15.9 Å². The Morgan fingerprint density at radius 1 is 0.968 bits per heavy atom. The molecule has 0 bridgehead atoms. The molecule has 1 aliphatic heterocycles. The number of benzene rings is 3.